The number of nitro groups is 1. The summed E-state index contributed by atoms with van der Waals surface area (Å²) >= 11 is 0. The number of carbonyl (C=O) groups excluding carboxylic acids is 1. The summed E-state index contributed by atoms with van der Waals surface area (Å²) in [5.74, 6) is 1.24. The molecule has 0 N–H and O–H groups in total. The Labute approximate surface area is 204 Å². The van der Waals surface area contributed by atoms with Crippen LogP contribution in [-0.2, 0) is 6.61 Å². The van der Waals surface area contributed by atoms with Crippen molar-refractivity contribution in [3.05, 3.63) is 93.5 Å². The van der Waals surface area contributed by atoms with E-state index < -0.39 is 4.92 Å². The zero-order valence-electron chi connectivity index (χ0n) is 19.6. The molecule has 8 nitrogen and oxygen atoms in total. The van der Waals surface area contributed by atoms with Gasteiger partial charge in [0.05, 0.1) is 17.7 Å². The second-order valence-electron chi connectivity index (χ2n) is 8.28. The van der Waals surface area contributed by atoms with Crippen LogP contribution in [0.2, 0.25) is 0 Å². The predicted octanol–water partition coefficient (Wildman–Crippen LogP) is 5.56. The molecule has 35 heavy (non-hydrogen) atoms. The van der Waals surface area contributed by atoms with Gasteiger partial charge in [-0.3, -0.25) is 19.9 Å². The number of benzene rings is 3. The van der Waals surface area contributed by atoms with Crippen LogP contribution in [0.15, 0.2) is 71.7 Å². The van der Waals surface area contributed by atoms with Gasteiger partial charge >= 0.3 is 0 Å². The molecule has 1 aliphatic rings. The second kappa shape index (κ2) is 11.3. The minimum atomic E-state index is -0.444. The molecule has 1 amide bonds. The maximum absolute atomic E-state index is 12.6. The van der Waals surface area contributed by atoms with E-state index in [1.807, 2.05) is 47.4 Å². The highest BCUT2D eigenvalue weighted by Crippen LogP contribution is 2.29. The van der Waals surface area contributed by atoms with Crippen molar-refractivity contribution in [1.82, 2.24) is 4.90 Å². The lowest BCUT2D eigenvalue weighted by molar-refractivity contribution is -0.384. The van der Waals surface area contributed by atoms with Gasteiger partial charge in [-0.05, 0) is 72.9 Å². The van der Waals surface area contributed by atoms with E-state index in [0.717, 1.165) is 37.1 Å². The number of methoxy groups -OCH3 is 1. The quantitative estimate of drug-likeness (QED) is 0.243. The van der Waals surface area contributed by atoms with E-state index >= 15 is 0 Å². The Hall–Kier alpha value is -4.20. The molecule has 1 aliphatic heterocycles. The fourth-order valence-electron chi connectivity index (χ4n) is 3.88. The Kier molecular flexibility index (Phi) is 7.72. The molecule has 8 heteroatoms. The number of nitro benzene ring substituents is 1. The number of ether oxygens (including phenoxy) is 2. The van der Waals surface area contributed by atoms with E-state index in [-0.39, 0.29) is 11.6 Å². The maximum Gasteiger partial charge on any atom is 0.269 e. The first-order valence-electron chi connectivity index (χ1n) is 11.5. The van der Waals surface area contributed by atoms with Crippen LogP contribution >= 0.6 is 0 Å². The third-order valence-corrected chi connectivity index (χ3v) is 5.85. The Balaban J connectivity index is 1.37. The molecule has 4 rings (SSSR count). The Morgan fingerprint density at radius 2 is 1.71 bits per heavy atom. The summed E-state index contributed by atoms with van der Waals surface area (Å²) in [5, 5.41) is 10.8. The van der Waals surface area contributed by atoms with Gasteiger partial charge in [0.2, 0.25) is 0 Å². The maximum atomic E-state index is 12.6. The van der Waals surface area contributed by atoms with Crippen LogP contribution < -0.4 is 9.47 Å². The minimum absolute atomic E-state index is 0.0235. The van der Waals surface area contributed by atoms with Gasteiger partial charge in [-0.1, -0.05) is 12.1 Å². The van der Waals surface area contributed by atoms with Crippen molar-refractivity contribution in [2.45, 2.75) is 25.9 Å². The summed E-state index contributed by atoms with van der Waals surface area (Å²) in [6.45, 7) is 2.00. The number of hydrogen-bond donors (Lipinski definition) is 0. The minimum Gasteiger partial charge on any atom is -0.493 e. The fourth-order valence-corrected chi connectivity index (χ4v) is 3.88. The summed E-state index contributed by atoms with van der Waals surface area (Å²) in [6.07, 6.45) is 4.99. The Morgan fingerprint density at radius 3 is 2.37 bits per heavy atom. The Bertz CT molecular complexity index is 1200. The number of nitrogens with zero attached hydrogens (tertiary/aromatic N) is 3. The van der Waals surface area contributed by atoms with Gasteiger partial charge in [0, 0.05) is 37.0 Å². The molecule has 1 saturated heterocycles. The normalized spacial score (nSPS) is 13.6. The fraction of sp³-hybridized carbons (Fsp3) is 0.259. The summed E-state index contributed by atoms with van der Waals surface area (Å²) in [5.41, 5.74) is 3.08. The molecule has 0 unspecified atom stereocenters. The van der Waals surface area contributed by atoms with Crippen LogP contribution in [0.25, 0.3) is 0 Å². The van der Waals surface area contributed by atoms with Crippen molar-refractivity contribution in [3.8, 4) is 11.5 Å². The van der Waals surface area contributed by atoms with E-state index in [9.17, 15) is 14.9 Å². The number of rotatable bonds is 8. The smallest absolute Gasteiger partial charge is 0.269 e. The summed E-state index contributed by atoms with van der Waals surface area (Å²) < 4.78 is 11.4. The third kappa shape index (κ3) is 6.23. The van der Waals surface area contributed by atoms with Crippen molar-refractivity contribution in [2.75, 3.05) is 20.2 Å². The predicted molar refractivity (Wildman–Crippen MR) is 134 cm³/mol. The van der Waals surface area contributed by atoms with E-state index in [1.54, 1.807) is 25.5 Å². The first-order chi connectivity index (χ1) is 17.0. The molecule has 0 spiro atoms. The van der Waals surface area contributed by atoms with Crippen molar-refractivity contribution in [3.63, 3.8) is 0 Å². The molecule has 0 aromatic heterocycles. The second-order valence-corrected chi connectivity index (χ2v) is 8.28. The number of hydrogen-bond acceptors (Lipinski definition) is 6. The number of non-ortho nitro benzene ring substituents is 1. The van der Waals surface area contributed by atoms with Gasteiger partial charge in [-0.25, -0.2) is 0 Å². The lowest BCUT2D eigenvalue weighted by Crippen LogP contribution is -2.35. The lowest BCUT2D eigenvalue weighted by Gasteiger charge is -2.26. The molecular formula is C27H27N3O5. The number of aliphatic imine (C=N–C) groups is 1. The zero-order chi connectivity index (χ0) is 24.6. The SMILES string of the molecule is COc1cc(C=Nc2ccc([N+](=O)[O-])cc2)ccc1OCc1ccc(C(=O)N2CCCCC2)cc1. The highest BCUT2D eigenvalue weighted by atomic mass is 16.6. The van der Waals surface area contributed by atoms with Gasteiger partial charge in [-0.15, -0.1) is 0 Å². The molecule has 180 valence electrons. The molecule has 0 atom stereocenters. The molecule has 3 aromatic carbocycles. The third-order valence-electron chi connectivity index (χ3n) is 5.85. The van der Waals surface area contributed by atoms with Crippen molar-refractivity contribution >= 4 is 23.5 Å². The van der Waals surface area contributed by atoms with E-state index in [4.69, 9.17) is 9.47 Å². The summed E-state index contributed by atoms with van der Waals surface area (Å²) in [4.78, 5) is 29.2. The van der Waals surface area contributed by atoms with Crippen LogP contribution in [0.3, 0.4) is 0 Å². The largest absolute Gasteiger partial charge is 0.493 e. The monoisotopic (exact) mass is 473 g/mol. The van der Waals surface area contributed by atoms with Gasteiger partial charge in [0.15, 0.2) is 11.5 Å². The van der Waals surface area contributed by atoms with Crippen LogP contribution in [0.1, 0.15) is 40.7 Å². The molecular weight excluding hydrogens is 446 g/mol. The van der Waals surface area contributed by atoms with Crippen LogP contribution in [0.5, 0.6) is 11.5 Å². The van der Waals surface area contributed by atoms with Gasteiger partial charge in [0.1, 0.15) is 6.61 Å². The van der Waals surface area contributed by atoms with Crippen LogP contribution in [0, 0.1) is 10.1 Å². The van der Waals surface area contributed by atoms with E-state index in [0.29, 0.717) is 29.4 Å². The zero-order valence-corrected chi connectivity index (χ0v) is 19.6. The van der Waals surface area contributed by atoms with Crippen molar-refractivity contribution in [2.24, 2.45) is 4.99 Å². The van der Waals surface area contributed by atoms with Crippen molar-refractivity contribution < 1.29 is 19.2 Å². The average Bonchev–Trinajstić information content (AvgIpc) is 2.91. The Morgan fingerprint density at radius 1 is 1.00 bits per heavy atom. The highest BCUT2D eigenvalue weighted by molar-refractivity contribution is 5.94. The number of piperidine rings is 1. The average molecular weight is 474 g/mol. The standard InChI is InChI=1S/C27H27N3O5/c1-34-26-17-21(18-28-23-10-12-24(13-11-23)30(32)33)7-14-25(26)35-19-20-5-8-22(9-6-20)27(31)29-15-3-2-4-16-29/h5-14,17-18H,2-4,15-16,19H2,1H3. The molecule has 3 aromatic rings. The first kappa shape index (κ1) is 23.9. The summed E-state index contributed by atoms with van der Waals surface area (Å²) in [7, 11) is 1.57. The van der Waals surface area contributed by atoms with Crippen LogP contribution in [-0.4, -0.2) is 42.1 Å². The number of amides is 1. The van der Waals surface area contributed by atoms with Gasteiger partial charge in [-0.2, -0.15) is 0 Å². The first-order valence-corrected chi connectivity index (χ1v) is 11.5. The molecule has 1 heterocycles. The molecule has 0 radical (unpaired) electrons. The number of likely N-dealkylation sites (tertiary alicyclic amines) is 1. The topological polar surface area (TPSA) is 94.3 Å². The lowest BCUT2D eigenvalue weighted by atomic mass is 10.1. The molecule has 0 bridgehead atoms. The van der Waals surface area contributed by atoms with E-state index in [2.05, 4.69) is 4.99 Å². The molecule has 0 aliphatic carbocycles. The molecule has 1 fully saturated rings. The highest BCUT2D eigenvalue weighted by Gasteiger charge is 2.18. The van der Waals surface area contributed by atoms with Crippen molar-refractivity contribution in [1.29, 1.82) is 0 Å². The van der Waals surface area contributed by atoms with Crippen LogP contribution in [0.4, 0.5) is 11.4 Å². The number of carbonyl (C=O) groups is 1. The van der Waals surface area contributed by atoms with Gasteiger partial charge < -0.3 is 14.4 Å². The molecule has 0 saturated carbocycles. The van der Waals surface area contributed by atoms with Gasteiger partial charge in [0.25, 0.3) is 11.6 Å². The summed E-state index contributed by atoms with van der Waals surface area (Å²) in [6, 6.07) is 19.0. The van der Waals surface area contributed by atoms with E-state index in [1.165, 1.54) is 18.6 Å².